The average molecular weight is 430 g/mol. The summed E-state index contributed by atoms with van der Waals surface area (Å²) >= 11 is 3.64. The zero-order chi connectivity index (χ0) is 18.9. The fourth-order valence-corrected chi connectivity index (χ4v) is 3.94. The van der Waals surface area contributed by atoms with Gasteiger partial charge in [0.2, 0.25) is 0 Å². The Bertz CT molecular complexity index is 864. The van der Waals surface area contributed by atoms with Gasteiger partial charge in [-0.1, -0.05) is 6.92 Å². The first-order valence-corrected chi connectivity index (χ1v) is 10.5. The van der Waals surface area contributed by atoms with E-state index in [0.717, 1.165) is 66.4 Å². The van der Waals surface area contributed by atoms with Crippen molar-refractivity contribution in [3.63, 3.8) is 0 Å². The molecule has 2 aromatic heterocycles. The second-order valence-electron chi connectivity index (χ2n) is 7.60. The highest BCUT2D eigenvalue weighted by atomic mass is 79.9. The lowest BCUT2D eigenvalue weighted by Crippen LogP contribution is -2.10. The van der Waals surface area contributed by atoms with Crippen molar-refractivity contribution in [3.05, 3.63) is 28.5 Å². The van der Waals surface area contributed by atoms with Crippen molar-refractivity contribution in [2.24, 2.45) is 5.41 Å². The van der Waals surface area contributed by atoms with Crippen LogP contribution in [0.5, 0.6) is 0 Å². The van der Waals surface area contributed by atoms with Crippen LogP contribution in [-0.2, 0) is 17.9 Å². The molecular weight excluding hydrogens is 406 g/mol. The molecule has 2 fully saturated rings. The maximum absolute atomic E-state index is 9.28. The van der Waals surface area contributed by atoms with Crippen molar-refractivity contribution in [3.8, 4) is 17.5 Å². The normalized spacial score (nSPS) is 17.7. The number of nitriles is 1. The van der Waals surface area contributed by atoms with Crippen LogP contribution in [0.1, 0.15) is 63.0 Å². The topological polar surface area (TPSA) is 76.6 Å². The number of rotatable bonds is 9. The Morgan fingerprint density at radius 3 is 2.85 bits per heavy atom. The van der Waals surface area contributed by atoms with Crippen LogP contribution in [0.25, 0.3) is 11.4 Å². The summed E-state index contributed by atoms with van der Waals surface area (Å²) in [7, 11) is 0. The lowest BCUT2D eigenvalue weighted by atomic mass is 10.0. The molecule has 0 N–H and O–H groups in total. The van der Waals surface area contributed by atoms with Crippen molar-refractivity contribution in [2.75, 3.05) is 6.61 Å². The van der Waals surface area contributed by atoms with E-state index in [1.54, 1.807) is 6.20 Å². The summed E-state index contributed by atoms with van der Waals surface area (Å²) in [6, 6.07) is 4.37. The molecule has 2 aliphatic rings. The Balaban J connectivity index is 1.60. The van der Waals surface area contributed by atoms with Crippen LogP contribution >= 0.6 is 15.9 Å². The van der Waals surface area contributed by atoms with Crippen molar-refractivity contribution in [1.29, 1.82) is 5.26 Å². The number of hydrogen-bond acceptors (Lipinski definition) is 5. The standard InChI is InChI=1S/C20H24BrN5O/c1-2-11-27-13-26-17(18(21)25-19(26)14-3-4-14)15-6-10-23-16(24-15)5-7-20(12-22)8-9-20/h6,10,14H,2-5,7-9,11,13H2,1H3. The van der Waals surface area contributed by atoms with Gasteiger partial charge in [-0.15, -0.1) is 0 Å². The molecule has 6 nitrogen and oxygen atoms in total. The summed E-state index contributed by atoms with van der Waals surface area (Å²) in [5, 5.41) is 9.28. The Kier molecular flexibility index (Phi) is 5.29. The maximum atomic E-state index is 9.28. The number of ether oxygens (including phenoxy) is 1. The molecule has 2 aromatic rings. The first-order chi connectivity index (χ1) is 13.2. The van der Waals surface area contributed by atoms with Crippen LogP contribution in [0.4, 0.5) is 0 Å². The highest BCUT2D eigenvalue weighted by Gasteiger charge is 2.42. The maximum Gasteiger partial charge on any atom is 0.134 e. The van der Waals surface area contributed by atoms with Crippen LogP contribution in [-0.4, -0.2) is 26.1 Å². The van der Waals surface area contributed by atoms with E-state index in [2.05, 4.69) is 38.5 Å². The van der Waals surface area contributed by atoms with Crippen LogP contribution < -0.4 is 0 Å². The lowest BCUT2D eigenvalue weighted by Gasteiger charge is -2.12. The van der Waals surface area contributed by atoms with Gasteiger partial charge >= 0.3 is 0 Å². The van der Waals surface area contributed by atoms with Gasteiger partial charge in [-0.25, -0.2) is 15.0 Å². The van der Waals surface area contributed by atoms with E-state index in [4.69, 9.17) is 14.7 Å². The number of hydrogen-bond donors (Lipinski definition) is 0. The summed E-state index contributed by atoms with van der Waals surface area (Å²) in [5.74, 6) is 2.39. The summed E-state index contributed by atoms with van der Waals surface area (Å²) in [5.41, 5.74) is 1.68. The van der Waals surface area contributed by atoms with Gasteiger partial charge < -0.3 is 9.30 Å². The smallest absolute Gasteiger partial charge is 0.134 e. The fourth-order valence-electron chi connectivity index (χ4n) is 3.34. The highest BCUT2D eigenvalue weighted by molar-refractivity contribution is 9.10. The quantitative estimate of drug-likeness (QED) is 0.544. The third kappa shape index (κ3) is 4.07. The van der Waals surface area contributed by atoms with Gasteiger partial charge in [-0.3, -0.25) is 0 Å². The van der Waals surface area contributed by atoms with Gasteiger partial charge in [0.15, 0.2) is 0 Å². The summed E-state index contributed by atoms with van der Waals surface area (Å²) < 4.78 is 8.79. The molecule has 2 aliphatic carbocycles. The molecule has 0 spiro atoms. The van der Waals surface area contributed by atoms with E-state index in [0.29, 0.717) is 12.6 Å². The van der Waals surface area contributed by atoms with E-state index >= 15 is 0 Å². The first kappa shape index (κ1) is 18.6. The molecule has 2 saturated carbocycles. The van der Waals surface area contributed by atoms with Crippen LogP contribution in [0.2, 0.25) is 0 Å². The Labute approximate surface area is 168 Å². The van der Waals surface area contributed by atoms with Crippen LogP contribution in [0, 0.1) is 16.7 Å². The third-order valence-corrected chi connectivity index (χ3v) is 5.88. The van der Waals surface area contributed by atoms with Crippen molar-refractivity contribution >= 4 is 15.9 Å². The van der Waals surface area contributed by atoms with Crippen molar-refractivity contribution < 1.29 is 4.74 Å². The largest absolute Gasteiger partial charge is 0.361 e. The predicted octanol–water partition coefficient (Wildman–Crippen LogP) is 4.60. The molecule has 27 heavy (non-hydrogen) atoms. The second-order valence-corrected chi connectivity index (χ2v) is 8.35. The molecule has 0 atom stereocenters. The third-order valence-electron chi connectivity index (χ3n) is 5.33. The SMILES string of the molecule is CCCOCn1c(C2CC2)nc(Br)c1-c1ccnc(CCC2(C#N)CC2)n1. The number of aromatic nitrogens is 4. The molecule has 0 saturated heterocycles. The van der Waals surface area contributed by atoms with Gasteiger partial charge in [0, 0.05) is 25.1 Å². The Morgan fingerprint density at radius 1 is 1.37 bits per heavy atom. The highest BCUT2D eigenvalue weighted by Crippen LogP contribution is 2.48. The van der Waals surface area contributed by atoms with Gasteiger partial charge in [0.1, 0.15) is 28.7 Å². The molecule has 0 aromatic carbocycles. The second kappa shape index (κ2) is 7.69. The summed E-state index contributed by atoms with van der Waals surface area (Å²) in [6.45, 7) is 3.33. The van der Waals surface area contributed by atoms with E-state index in [9.17, 15) is 5.26 Å². The van der Waals surface area contributed by atoms with Gasteiger partial charge in [-0.2, -0.15) is 5.26 Å². The predicted molar refractivity (Wildman–Crippen MR) is 105 cm³/mol. The van der Waals surface area contributed by atoms with Gasteiger partial charge in [-0.05, 0) is 60.5 Å². The number of nitrogens with zero attached hydrogens (tertiary/aromatic N) is 5. The minimum Gasteiger partial charge on any atom is -0.361 e. The van der Waals surface area contributed by atoms with Crippen molar-refractivity contribution in [2.45, 2.75) is 64.5 Å². The molecular formula is C20H24BrN5O. The number of imidazole rings is 1. The summed E-state index contributed by atoms with van der Waals surface area (Å²) in [6.07, 6.45) is 8.72. The fraction of sp³-hybridized carbons (Fsp3) is 0.600. The van der Waals surface area contributed by atoms with Gasteiger partial charge in [0.05, 0.1) is 17.2 Å². The molecule has 2 heterocycles. The van der Waals surface area contributed by atoms with E-state index in [1.165, 1.54) is 12.8 Å². The van der Waals surface area contributed by atoms with Crippen LogP contribution in [0.3, 0.4) is 0 Å². The summed E-state index contributed by atoms with van der Waals surface area (Å²) in [4.78, 5) is 14.0. The lowest BCUT2D eigenvalue weighted by molar-refractivity contribution is 0.0765. The average Bonchev–Trinajstić information content (AvgIpc) is 3.60. The molecule has 142 valence electrons. The molecule has 4 rings (SSSR count). The van der Waals surface area contributed by atoms with Crippen LogP contribution in [0.15, 0.2) is 16.9 Å². The Morgan fingerprint density at radius 2 is 2.19 bits per heavy atom. The molecule has 0 unspecified atom stereocenters. The van der Waals surface area contributed by atoms with Gasteiger partial charge in [0.25, 0.3) is 0 Å². The number of aryl methyl sites for hydroxylation is 1. The monoisotopic (exact) mass is 429 g/mol. The van der Waals surface area contributed by atoms with E-state index in [-0.39, 0.29) is 5.41 Å². The number of halogens is 1. The van der Waals surface area contributed by atoms with E-state index in [1.807, 2.05) is 6.07 Å². The molecule has 0 aliphatic heterocycles. The molecule has 0 radical (unpaired) electrons. The Hall–Kier alpha value is -1.78. The molecule has 0 bridgehead atoms. The minimum absolute atomic E-state index is 0.130. The minimum atomic E-state index is -0.130. The van der Waals surface area contributed by atoms with Crippen molar-refractivity contribution in [1.82, 2.24) is 19.5 Å². The van der Waals surface area contributed by atoms with E-state index < -0.39 is 0 Å². The molecule has 7 heteroatoms. The zero-order valence-electron chi connectivity index (χ0n) is 15.6. The zero-order valence-corrected chi connectivity index (χ0v) is 17.2. The molecule has 0 amide bonds. The first-order valence-electron chi connectivity index (χ1n) is 9.73.